The lowest BCUT2D eigenvalue weighted by atomic mass is 9.49. The Bertz CT molecular complexity index is 972. The quantitative estimate of drug-likeness (QED) is 0.189. The van der Waals surface area contributed by atoms with Crippen LogP contribution >= 0.6 is 0 Å². The van der Waals surface area contributed by atoms with Crippen LogP contribution in [0.4, 0.5) is 0 Å². The highest BCUT2D eigenvalue weighted by atomic mass is 28.4. The van der Waals surface area contributed by atoms with E-state index >= 15 is 0 Å². The number of hydrogen-bond acceptors (Lipinski definition) is 1. The van der Waals surface area contributed by atoms with Crippen molar-refractivity contribution in [3.8, 4) is 0 Å². The van der Waals surface area contributed by atoms with Gasteiger partial charge < -0.3 is 4.43 Å². The maximum Gasteiger partial charge on any atom is 0.192 e. The van der Waals surface area contributed by atoms with E-state index in [1.165, 1.54) is 76.2 Å². The summed E-state index contributed by atoms with van der Waals surface area (Å²) in [5.74, 6) is 4.21. The molecule has 0 aromatic heterocycles. The Labute approximate surface area is 251 Å². The molecule has 3 saturated carbocycles. The molecule has 0 aromatic carbocycles. The third-order valence-electron chi connectivity index (χ3n) is 12.9. The van der Waals surface area contributed by atoms with Crippen molar-refractivity contribution in [3.63, 3.8) is 0 Å². The minimum Gasteiger partial charge on any atom is -0.414 e. The Hall–Kier alpha value is -0.603. The van der Waals surface area contributed by atoms with Crippen molar-refractivity contribution in [1.29, 1.82) is 0 Å². The molecule has 0 heterocycles. The molecular formula is C38H66OSi. The topological polar surface area (TPSA) is 9.23 Å². The first-order valence-electron chi connectivity index (χ1n) is 17.3. The summed E-state index contributed by atoms with van der Waals surface area (Å²) in [6.45, 7) is 26.7. The van der Waals surface area contributed by atoms with Crippen LogP contribution in [0.1, 0.15) is 139 Å². The van der Waals surface area contributed by atoms with Crippen LogP contribution in [0, 0.1) is 40.4 Å². The maximum atomic E-state index is 6.97. The number of allylic oxidation sites excluding steroid dienone is 5. The normalized spacial score (nSPS) is 34.9. The van der Waals surface area contributed by atoms with E-state index in [0.717, 1.165) is 36.0 Å². The highest BCUT2D eigenvalue weighted by molar-refractivity contribution is 6.74. The second-order valence-corrected chi connectivity index (χ2v) is 22.1. The minimum absolute atomic E-state index is 0.285. The average Bonchev–Trinajstić information content (AvgIpc) is 3.19. The van der Waals surface area contributed by atoms with E-state index in [0.29, 0.717) is 16.9 Å². The molecule has 0 aromatic rings. The van der Waals surface area contributed by atoms with E-state index in [4.69, 9.17) is 4.43 Å². The summed E-state index contributed by atoms with van der Waals surface area (Å²) >= 11 is 0. The van der Waals surface area contributed by atoms with E-state index in [2.05, 4.69) is 93.6 Å². The molecule has 0 aliphatic heterocycles. The van der Waals surface area contributed by atoms with Gasteiger partial charge in [-0.25, -0.2) is 0 Å². The maximum absolute atomic E-state index is 6.97. The van der Waals surface area contributed by atoms with Gasteiger partial charge in [0.25, 0.3) is 0 Å². The predicted molar refractivity (Wildman–Crippen MR) is 178 cm³/mol. The third kappa shape index (κ3) is 6.49. The zero-order chi connectivity index (χ0) is 29.5. The van der Waals surface area contributed by atoms with Crippen molar-refractivity contribution in [3.05, 3.63) is 34.9 Å². The Balaban J connectivity index is 1.52. The molecule has 0 radical (unpaired) electrons. The lowest BCUT2D eigenvalue weighted by molar-refractivity contribution is 0.0302. The van der Waals surface area contributed by atoms with Crippen LogP contribution in [0.25, 0.3) is 0 Å². The van der Waals surface area contributed by atoms with Crippen molar-refractivity contribution < 1.29 is 4.43 Å². The van der Waals surface area contributed by atoms with E-state index in [9.17, 15) is 0 Å². The molecule has 2 heteroatoms. The summed E-state index contributed by atoms with van der Waals surface area (Å²) in [6, 6.07) is 0. The molecule has 0 spiro atoms. The van der Waals surface area contributed by atoms with E-state index < -0.39 is 8.32 Å². The molecule has 3 fully saturated rings. The molecule has 0 bridgehead atoms. The minimum atomic E-state index is -1.73. The molecule has 4 aliphatic carbocycles. The van der Waals surface area contributed by atoms with E-state index in [1.807, 2.05) is 5.57 Å². The van der Waals surface area contributed by atoms with Gasteiger partial charge in [0.1, 0.15) is 0 Å². The summed E-state index contributed by atoms with van der Waals surface area (Å²) in [5.41, 5.74) is 5.92. The second-order valence-electron chi connectivity index (χ2n) is 17.3. The number of rotatable bonds is 10. The Morgan fingerprint density at radius 2 is 1.70 bits per heavy atom. The van der Waals surface area contributed by atoms with Crippen molar-refractivity contribution in [2.45, 2.75) is 164 Å². The van der Waals surface area contributed by atoms with Crippen molar-refractivity contribution >= 4 is 8.32 Å². The largest absolute Gasteiger partial charge is 0.414 e. The average molecular weight is 567 g/mol. The van der Waals surface area contributed by atoms with E-state index in [-0.39, 0.29) is 5.04 Å². The fourth-order valence-electron chi connectivity index (χ4n) is 9.40. The lowest BCUT2D eigenvalue weighted by Crippen LogP contribution is -2.49. The molecule has 0 unspecified atom stereocenters. The van der Waals surface area contributed by atoms with Crippen molar-refractivity contribution in [2.24, 2.45) is 40.4 Å². The van der Waals surface area contributed by atoms with Gasteiger partial charge in [-0.05, 0) is 130 Å². The van der Waals surface area contributed by atoms with Gasteiger partial charge in [-0.15, -0.1) is 0 Å². The molecule has 4 aliphatic rings. The van der Waals surface area contributed by atoms with Gasteiger partial charge in [-0.1, -0.05) is 103 Å². The fourth-order valence-corrected chi connectivity index (χ4v) is 10.8. The fraction of sp³-hybridized carbons (Fsp3) is 0.842. The van der Waals surface area contributed by atoms with E-state index in [1.54, 1.807) is 5.57 Å². The molecule has 4 rings (SSSR count). The smallest absolute Gasteiger partial charge is 0.192 e. The Kier molecular flexibility index (Phi) is 9.84. The van der Waals surface area contributed by atoms with Crippen LogP contribution in [0.2, 0.25) is 18.1 Å². The van der Waals surface area contributed by atoms with Crippen LogP contribution in [0.5, 0.6) is 0 Å². The Morgan fingerprint density at radius 1 is 0.975 bits per heavy atom. The Morgan fingerprint density at radius 3 is 2.35 bits per heavy atom. The summed E-state index contributed by atoms with van der Waals surface area (Å²) in [6.07, 6.45) is 24.6. The second kappa shape index (κ2) is 12.2. The molecule has 1 nitrogen and oxygen atoms in total. The zero-order valence-corrected chi connectivity index (χ0v) is 29.6. The van der Waals surface area contributed by atoms with Crippen molar-refractivity contribution in [1.82, 2.24) is 0 Å². The van der Waals surface area contributed by atoms with Gasteiger partial charge in [-0.2, -0.15) is 0 Å². The van der Waals surface area contributed by atoms with Crippen LogP contribution in [-0.2, 0) is 4.43 Å². The lowest BCUT2D eigenvalue weighted by Gasteiger charge is -2.56. The molecule has 228 valence electrons. The predicted octanol–water partition coefficient (Wildman–Crippen LogP) is 12.1. The SMILES string of the molecule is CC(C)=CCC[C@H](CCCC(C)C)[C@H]1CC[C@H]2C3=CC=C4C[C@@H](O[Si](C)(C)C(C)(C)C)CC[C@]4(C)[C@H]3CC[C@]12C. The summed E-state index contributed by atoms with van der Waals surface area (Å²) in [5, 5.41) is 0.285. The molecule has 0 amide bonds. The monoisotopic (exact) mass is 566 g/mol. The zero-order valence-electron chi connectivity index (χ0n) is 28.6. The van der Waals surface area contributed by atoms with Crippen molar-refractivity contribution in [2.75, 3.05) is 0 Å². The van der Waals surface area contributed by atoms with Crippen LogP contribution in [0.3, 0.4) is 0 Å². The molecule has 0 N–H and O–H groups in total. The van der Waals surface area contributed by atoms with Gasteiger partial charge in [0.2, 0.25) is 0 Å². The summed E-state index contributed by atoms with van der Waals surface area (Å²) in [7, 11) is -1.73. The van der Waals surface area contributed by atoms with Gasteiger partial charge in [0, 0.05) is 6.10 Å². The first-order valence-corrected chi connectivity index (χ1v) is 20.2. The molecular weight excluding hydrogens is 501 g/mol. The number of fused-ring (bicyclic) bond motifs is 5. The van der Waals surface area contributed by atoms with Crippen LogP contribution in [-0.4, -0.2) is 14.4 Å². The van der Waals surface area contributed by atoms with Gasteiger partial charge in [0.05, 0.1) is 0 Å². The van der Waals surface area contributed by atoms with Crippen LogP contribution < -0.4 is 0 Å². The number of hydrogen-bond donors (Lipinski definition) is 0. The first-order chi connectivity index (χ1) is 18.6. The van der Waals surface area contributed by atoms with Gasteiger partial charge in [0.15, 0.2) is 8.32 Å². The van der Waals surface area contributed by atoms with Gasteiger partial charge >= 0.3 is 0 Å². The molecule has 0 saturated heterocycles. The highest BCUT2D eigenvalue weighted by Gasteiger charge is 2.57. The first kappa shape index (κ1) is 32.3. The van der Waals surface area contributed by atoms with Crippen LogP contribution in [0.15, 0.2) is 34.9 Å². The molecule has 7 atom stereocenters. The standard InChI is InChI=1S/C38H66OSi/c1-27(2)14-12-16-29(17-13-15-28(3)4)33-20-21-34-32-19-18-30-26-31(39-40(10,11)36(5,6)7)22-24-37(30,8)35(32)23-25-38(33,34)9/h14,18-19,28-29,31,33-35H,12-13,15-17,20-26H2,1-11H3/t29-,31+,33-,34+,35+,37+,38-/m1/s1. The summed E-state index contributed by atoms with van der Waals surface area (Å²) < 4.78 is 6.97. The summed E-state index contributed by atoms with van der Waals surface area (Å²) in [4.78, 5) is 0. The third-order valence-corrected chi connectivity index (χ3v) is 17.4. The van der Waals surface area contributed by atoms with Gasteiger partial charge in [-0.3, -0.25) is 0 Å². The molecule has 40 heavy (non-hydrogen) atoms. The highest BCUT2D eigenvalue weighted by Crippen LogP contribution is 2.66.